The zero-order valence-electron chi connectivity index (χ0n) is 24.6. The maximum absolute atomic E-state index is 9.86. The van der Waals surface area contributed by atoms with Crippen LogP contribution in [0.2, 0.25) is 0 Å². The summed E-state index contributed by atoms with van der Waals surface area (Å²) in [6.45, 7) is 0.351. The molecule has 0 aliphatic heterocycles. The average Bonchev–Trinajstić information content (AvgIpc) is 3.05. The fourth-order valence-corrected chi connectivity index (χ4v) is 6.67. The molecule has 0 radical (unpaired) electrons. The first-order chi connectivity index (χ1) is 20.8. The van der Waals surface area contributed by atoms with E-state index in [0.29, 0.717) is 0 Å². The number of ether oxygens (including phenoxy) is 2. The zero-order valence-corrected chi connectivity index (χ0v) is 24.6. The van der Waals surface area contributed by atoms with Crippen LogP contribution in [-0.4, -0.2) is 36.6 Å². The van der Waals surface area contributed by atoms with Gasteiger partial charge < -0.3 is 19.7 Å². The van der Waals surface area contributed by atoms with Gasteiger partial charge in [0.1, 0.15) is 24.7 Å². The van der Waals surface area contributed by atoms with Crippen molar-refractivity contribution in [2.45, 2.75) is 63.2 Å². The third-order valence-electron chi connectivity index (χ3n) is 8.61. The van der Waals surface area contributed by atoms with Gasteiger partial charge in [-0.2, -0.15) is 0 Å². The molecule has 4 heteroatoms. The van der Waals surface area contributed by atoms with E-state index in [-0.39, 0.29) is 31.8 Å². The molecule has 1 saturated carbocycles. The van der Waals surface area contributed by atoms with Gasteiger partial charge in [-0.15, -0.1) is 0 Å². The van der Waals surface area contributed by atoms with Gasteiger partial charge in [0.15, 0.2) is 0 Å². The Labute approximate surface area is 251 Å². The number of hydrogen-bond acceptors (Lipinski definition) is 4. The number of rotatable bonds is 10. The van der Waals surface area contributed by atoms with Crippen molar-refractivity contribution in [2.24, 2.45) is 0 Å². The van der Waals surface area contributed by atoms with Crippen molar-refractivity contribution in [3.63, 3.8) is 0 Å². The molecule has 0 spiro atoms. The molecular weight excluding hydrogens is 520 g/mol. The van der Waals surface area contributed by atoms with Gasteiger partial charge in [-0.3, -0.25) is 0 Å². The lowest BCUT2D eigenvalue weighted by Crippen LogP contribution is -2.30. The fourth-order valence-electron chi connectivity index (χ4n) is 6.67. The number of benzene rings is 4. The van der Waals surface area contributed by atoms with Gasteiger partial charge in [0, 0.05) is 27.7 Å². The Morgan fingerprint density at radius 1 is 0.476 bits per heavy atom. The van der Waals surface area contributed by atoms with Crippen LogP contribution in [0.5, 0.6) is 11.5 Å². The van der Waals surface area contributed by atoms with Crippen molar-refractivity contribution in [3.8, 4) is 33.8 Å². The highest BCUT2D eigenvalue weighted by Crippen LogP contribution is 2.52. The Balaban J connectivity index is 1.79. The van der Waals surface area contributed by atoms with Gasteiger partial charge in [0.05, 0.1) is 13.2 Å². The van der Waals surface area contributed by atoms with Crippen molar-refractivity contribution in [1.82, 2.24) is 0 Å². The smallest absolute Gasteiger partial charge is 0.131 e. The molecule has 1 aliphatic rings. The van der Waals surface area contributed by atoms with Crippen LogP contribution in [0, 0.1) is 0 Å². The molecule has 42 heavy (non-hydrogen) atoms. The van der Waals surface area contributed by atoms with Gasteiger partial charge in [-0.1, -0.05) is 142 Å². The van der Waals surface area contributed by atoms with E-state index in [9.17, 15) is 10.2 Å². The fraction of sp³-hybridized carbons (Fsp3) is 0.368. The third kappa shape index (κ3) is 6.72. The number of aliphatic hydroxyl groups is 2. The Hall–Kier alpha value is -3.60. The standard InChI is InChI=1S/C38H44O4/c39-26-28-41-36-32(30-16-8-6-9-17-30)20-14-22-34(36)38(24-12-4-2-1-3-5-13-25-38)35-23-15-21-33(37(35)42-29-27-40)31-18-10-7-11-19-31/h6-11,14-23,39-40H,1-5,12-13,24-29H2. The first-order valence-corrected chi connectivity index (χ1v) is 15.6. The Kier molecular flexibility index (Phi) is 10.7. The van der Waals surface area contributed by atoms with Crippen molar-refractivity contribution in [2.75, 3.05) is 26.4 Å². The molecular formula is C38H44O4. The third-order valence-corrected chi connectivity index (χ3v) is 8.61. The maximum Gasteiger partial charge on any atom is 0.131 e. The van der Waals surface area contributed by atoms with Crippen LogP contribution in [-0.2, 0) is 5.41 Å². The summed E-state index contributed by atoms with van der Waals surface area (Å²) in [7, 11) is 0. The van der Waals surface area contributed by atoms with Crippen LogP contribution in [0.25, 0.3) is 22.3 Å². The van der Waals surface area contributed by atoms with Crippen LogP contribution in [0.15, 0.2) is 97.1 Å². The van der Waals surface area contributed by atoms with Crippen LogP contribution < -0.4 is 9.47 Å². The second kappa shape index (κ2) is 15.0. The number of hydrogen-bond donors (Lipinski definition) is 2. The van der Waals surface area contributed by atoms with Crippen LogP contribution in [0.1, 0.15) is 68.9 Å². The Morgan fingerprint density at radius 3 is 1.29 bits per heavy atom. The number of aliphatic hydroxyl groups excluding tert-OH is 2. The van der Waals surface area contributed by atoms with E-state index >= 15 is 0 Å². The molecule has 1 fully saturated rings. The number of para-hydroxylation sites is 2. The molecule has 2 N–H and O–H groups in total. The Morgan fingerprint density at radius 2 is 0.881 bits per heavy atom. The summed E-state index contributed by atoms with van der Waals surface area (Å²) in [5, 5.41) is 19.7. The molecule has 0 atom stereocenters. The SMILES string of the molecule is OCCOc1c(-c2ccccc2)cccc1C1(c2cccc(-c3ccccc3)c2OCCO)CCCCCCCCC1. The molecule has 1 aliphatic carbocycles. The van der Waals surface area contributed by atoms with Crippen LogP contribution in [0.3, 0.4) is 0 Å². The zero-order chi connectivity index (χ0) is 29.0. The van der Waals surface area contributed by atoms with Crippen LogP contribution >= 0.6 is 0 Å². The van der Waals surface area contributed by atoms with E-state index in [1.807, 2.05) is 12.1 Å². The van der Waals surface area contributed by atoms with Crippen molar-refractivity contribution in [3.05, 3.63) is 108 Å². The normalized spacial score (nSPS) is 15.6. The quantitative estimate of drug-likeness (QED) is 0.203. The summed E-state index contributed by atoms with van der Waals surface area (Å²) < 4.78 is 13.0. The van der Waals surface area contributed by atoms with E-state index in [0.717, 1.165) is 70.6 Å². The summed E-state index contributed by atoms with van der Waals surface area (Å²) in [6.07, 6.45) is 10.3. The van der Waals surface area contributed by atoms with Gasteiger partial charge in [-0.25, -0.2) is 0 Å². The highest BCUT2D eigenvalue weighted by Gasteiger charge is 2.40. The van der Waals surface area contributed by atoms with E-state index in [1.165, 1.54) is 32.1 Å². The molecule has 0 saturated heterocycles. The molecule has 4 aromatic carbocycles. The van der Waals surface area contributed by atoms with E-state index in [4.69, 9.17) is 9.47 Å². The molecule has 0 aromatic heterocycles. The summed E-state index contributed by atoms with van der Waals surface area (Å²) in [6, 6.07) is 33.8. The lowest BCUT2D eigenvalue weighted by Gasteiger charge is -2.39. The van der Waals surface area contributed by atoms with E-state index in [2.05, 4.69) is 84.9 Å². The van der Waals surface area contributed by atoms with Crippen molar-refractivity contribution < 1.29 is 19.7 Å². The minimum Gasteiger partial charge on any atom is -0.490 e. The molecule has 4 nitrogen and oxygen atoms in total. The van der Waals surface area contributed by atoms with Crippen molar-refractivity contribution in [1.29, 1.82) is 0 Å². The summed E-state index contributed by atoms with van der Waals surface area (Å²) >= 11 is 0. The molecule has 5 rings (SSSR count). The summed E-state index contributed by atoms with van der Waals surface area (Å²) in [5.41, 5.74) is 6.19. The van der Waals surface area contributed by atoms with E-state index < -0.39 is 0 Å². The lowest BCUT2D eigenvalue weighted by molar-refractivity contribution is 0.194. The molecule has 0 heterocycles. The molecule has 4 aromatic rings. The minimum atomic E-state index is -0.373. The highest BCUT2D eigenvalue weighted by atomic mass is 16.5. The molecule has 0 bridgehead atoms. The van der Waals surface area contributed by atoms with E-state index in [1.54, 1.807) is 0 Å². The summed E-state index contributed by atoms with van der Waals surface area (Å²) in [4.78, 5) is 0. The maximum atomic E-state index is 9.86. The predicted molar refractivity (Wildman–Crippen MR) is 171 cm³/mol. The van der Waals surface area contributed by atoms with Gasteiger partial charge in [0.2, 0.25) is 0 Å². The van der Waals surface area contributed by atoms with Gasteiger partial charge in [0.25, 0.3) is 0 Å². The molecule has 0 unspecified atom stereocenters. The second-order valence-electron chi connectivity index (χ2n) is 11.3. The highest BCUT2D eigenvalue weighted by molar-refractivity contribution is 5.77. The first-order valence-electron chi connectivity index (χ1n) is 15.6. The van der Waals surface area contributed by atoms with Gasteiger partial charge in [-0.05, 0) is 24.0 Å². The largest absolute Gasteiger partial charge is 0.490 e. The molecule has 220 valence electrons. The van der Waals surface area contributed by atoms with Crippen molar-refractivity contribution >= 4 is 0 Å². The monoisotopic (exact) mass is 564 g/mol. The minimum absolute atomic E-state index is 0.0517. The molecule has 0 amide bonds. The average molecular weight is 565 g/mol. The Bertz CT molecular complexity index is 1280. The first kappa shape index (κ1) is 29.9. The predicted octanol–water partition coefficient (Wildman–Crippen LogP) is 8.57. The van der Waals surface area contributed by atoms with Crippen LogP contribution in [0.4, 0.5) is 0 Å². The second-order valence-corrected chi connectivity index (χ2v) is 11.3. The van der Waals surface area contributed by atoms with Gasteiger partial charge >= 0.3 is 0 Å². The topological polar surface area (TPSA) is 58.9 Å². The lowest BCUT2D eigenvalue weighted by atomic mass is 9.66. The summed E-state index contributed by atoms with van der Waals surface area (Å²) in [5.74, 6) is 1.68.